The molecule has 0 amide bonds. The van der Waals surface area contributed by atoms with Crippen LogP contribution in [0.2, 0.25) is 5.02 Å². The highest BCUT2D eigenvalue weighted by molar-refractivity contribution is 6.31. The van der Waals surface area contributed by atoms with E-state index in [0.717, 1.165) is 30.8 Å². The highest BCUT2D eigenvalue weighted by Gasteiger charge is 2.21. The monoisotopic (exact) mass is 365 g/mol. The number of hydrogen-bond acceptors (Lipinski definition) is 5. The summed E-state index contributed by atoms with van der Waals surface area (Å²) in [5.41, 5.74) is 2.77. The van der Waals surface area contributed by atoms with E-state index in [4.69, 9.17) is 16.1 Å². The molecule has 1 aliphatic rings. The number of aromatic nitrogens is 4. The first-order valence-electron chi connectivity index (χ1n) is 7.62. The van der Waals surface area contributed by atoms with Crippen molar-refractivity contribution < 1.29 is 4.52 Å². The molecule has 6 nitrogen and oxygen atoms in total. The summed E-state index contributed by atoms with van der Waals surface area (Å²) < 4.78 is 5.34. The number of nitrogens with one attached hydrogen (secondary N) is 2. The molecule has 24 heavy (non-hydrogen) atoms. The number of benzene rings is 1. The Hall–Kier alpha value is -1.89. The van der Waals surface area contributed by atoms with Crippen LogP contribution >= 0.6 is 24.0 Å². The van der Waals surface area contributed by atoms with Gasteiger partial charge in [0.2, 0.25) is 0 Å². The van der Waals surface area contributed by atoms with Crippen molar-refractivity contribution in [2.75, 3.05) is 13.1 Å². The van der Waals surface area contributed by atoms with Crippen LogP contribution in [-0.4, -0.2) is 33.4 Å². The van der Waals surface area contributed by atoms with Gasteiger partial charge in [0.1, 0.15) is 0 Å². The lowest BCUT2D eigenvalue weighted by atomic mass is 10.1. The third-order valence-electron chi connectivity index (χ3n) is 4.09. The predicted octanol–water partition coefficient (Wildman–Crippen LogP) is 3.20. The van der Waals surface area contributed by atoms with E-state index in [2.05, 4.69) is 25.7 Å². The Morgan fingerprint density at radius 1 is 1.29 bits per heavy atom. The van der Waals surface area contributed by atoms with Crippen molar-refractivity contribution >= 4 is 24.0 Å². The maximum atomic E-state index is 6.16. The number of hydrogen-bond donors (Lipinski definition) is 2. The van der Waals surface area contributed by atoms with E-state index in [9.17, 15) is 0 Å². The Bertz CT molecular complexity index is 810. The molecule has 0 bridgehead atoms. The Kier molecular flexibility index (Phi) is 5.18. The highest BCUT2D eigenvalue weighted by atomic mass is 35.5. The Morgan fingerprint density at radius 3 is 2.96 bits per heavy atom. The van der Waals surface area contributed by atoms with E-state index < -0.39 is 0 Å². The van der Waals surface area contributed by atoms with E-state index in [-0.39, 0.29) is 12.4 Å². The molecule has 3 heterocycles. The maximum Gasteiger partial charge on any atom is 0.278 e. The first-order chi connectivity index (χ1) is 11.3. The van der Waals surface area contributed by atoms with Crippen LogP contribution in [0.4, 0.5) is 0 Å². The second-order valence-corrected chi connectivity index (χ2v) is 6.09. The molecule has 0 spiro atoms. The van der Waals surface area contributed by atoms with Gasteiger partial charge in [-0.3, -0.25) is 5.10 Å². The van der Waals surface area contributed by atoms with E-state index in [1.165, 1.54) is 0 Å². The van der Waals surface area contributed by atoms with Crippen LogP contribution in [-0.2, 0) is 6.42 Å². The number of nitrogens with zero attached hydrogens (tertiary/aromatic N) is 3. The van der Waals surface area contributed by atoms with E-state index in [1.807, 2.05) is 30.3 Å². The molecule has 1 aliphatic heterocycles. The van der Waals surface area contributed by atoms with Gasteiger partial charge in [0.25, 0.3) is 5.89 Å². The molecule has 1 aromatic carbocycles. The van der Waals surface area contributed by atoms with Gasteiger partial charge in [0.15, 0.2) is 11.5 Å². The van der Waals surface area contributed by atoms with Gasteiger partial charge in [-0.05, 0) is 30.7 Å². The van der Waals surface area contributed by atoms with Crippen LogP contribution in [0.3, 0.4) is 0 Å². The third kappa shape index (κ3) is 3.45. The zero-order valence-corrected chi connectivity index (χ0v) is 14.4. The largest absolute Gasteiger partial charge is 0.332 e. The van der Waals surface area contributed by atoms with Gasteiger partial charge >= 0.3 is 0 Å². The first-order valence-corrected chi connectivity index (χ1v) is 8.00. The molecular formula is C16H17Cl2N5O. The zero-order valence-electron chi connectivity index (χ0n) is 12.8. The molecule has 3 aromatic rings. The van der Waals surface area contributed by atoms with E-state index in [1.54, 1.807) is 0 Å². The van der Waals surface area contributed by atoms with Gasteiger partial charge < -0.3 is 9.84 Å². The second-order valence-electron chi connectivity index (χ2n) is 5.68. The van der Waals surface area contributed by atoms with Gasteiger partial charge in [-0.15, -0.1) is 12.4 Å². The molecule has 8 heteroatoms. The van der Waals surface area contributed by atoms with Gasteiger partial charge in [0, 0.05) is 29.6 Å². The number of rotatable bonds is 4. The molecule has 0 saturated carbocycles. The Labute approximate surface area is 150 Å². The van der Waals surface area contributed by atoms with E-state index >= 15 is 0 Å². The van der Waals surface area contributed by atoms with Crippen molar-refractivity contribution in [1.82, 2.24) is 25.7 Å². The molecule has 2 aromatic heterocycles. The number of H-pyrrole nitrogens is 1. The van der Waals surface area contributed by atoms with Gasteiger partial charge in [0.05, 0.1) is 0 Å². The zero-order chi connectivity index (χ0) is 15.6. The highest BCUT2D eigenvalue weighted by Crippen LogP contribution is 2.25. The molecule has 0 aliphatic carbocycles. The van der Waals surface area contributed by atoms with Crippen molar-refractivity contribution in [3.05, 3.63) is 52.4 Å². The van der Waals surface area contributed by atoms with Crippen LogP contribution in [0.1, 0.15) is 29.4 Å². The van der Waals surface area contributed by atoms with Crippen LogP contribution < -0.4 is 5.32 Å². The maximum absolute atomic E-state index is 6.16. The van der Waals surface area contributed by atoms with Crippen molar-refractivity contribution in [3.63, 3.8) is 0 Å². The molecule has 126 valence electrons. The molecular weight excluding hydrogens is 349 g/mol. The van der Waals surface area contributed by atoms with E-state index in [0.29, 0.717) is 34.8 Å². The summed E-state index contributed by atoms with van der Waals surface area (Å²) in [6.07, 6.45) is 1.65. The van der Waals surface area contributed by atoms with Crippen molar-refractivity contribution in [1.29, 1.82) is 0 Å². The van der Waals surface area contributed by atoms with Gasteiger partial charge in [-0.1, -0.05) is 35.0 Å². The fraction of sp³-hybridized carbons (Fsp3) is 0.312. The fourth-order valence-electron chi connectivity index (χ4n) is 2.82. The first kappa shape index (κ1) is 17.0. The average Bonchev–Trinajstić information content (AvgIpc) is 3.30. The third-order valence-corrected chi connectivity index (χ3v) is 4.46. The Morgan fingerprint density at radius 2 is 2.17 bits per heavy atom. The molecule has 2 N–H and O–H groups in total. The average molecular weight is 366 g/mol. The predicted molar refractivity (Wildman–Crippen MR) is 93.6 cm³/mol. The summed E-state index contributed by atoms with van der Waals surface area (Å²) >= 11 is 6.16. The van der Waals surface area contributed by atoms with Crippen molar-refractivity contribution in [2.45, 2.75) is 18.8 Å². The lowest BCUT2D eigenvalue weighted by molar-refractivity contribution is 0.422. The standard InChI is InChI=1S/C16H16ClN5O.ClH/c17-12-4-2-1-3-10(12)7-15-19-16(23-22-15)14-8-13(20-21-14)11-5-6-18-9-11;/h1-4,8,11,18H,5-7,9H2,(H,20,21);1H. The second kappa shape index (κ2) is 7.34. The van der Waals surface area contributed by atoms with Gasteiger partial charge in [-0.25, -0.2) is 0 Å². The minimum atomic E-state index is 0. The smallest absolute Gasteiger partial charge is 0.278 e. The molecule has 4 rings (SSSR count). The minimum absolute atomic E-state index is 0. The summed E-state index contributed by atoms with van der Waals surface area (Å²) in [5.74, 6) is 1.50. The fourth-order valence-corrected chi connectivity index (χ4v) is 3.02. The summed E-state index contributed by atoms with van der Waals surface area (Å²) in [6, 6.07) is 9.64. The summed E-state index contributed by atoms with van der Waals surface area (Å²) in [6.45, 7) is 2.02. The van der Waals surface area contributed by atoms with Crippen molar-refractivity contribution in [2.24, 2.45) is 0 Å². The SMILES string of the molecule is Cl.Clc1ccccc1Cc1noc(-c2cc(C3CCNC3)[nH]n2)n1. The van der Waals surface area contributed by atoms with Crippen LogP contribution in [0.15, 0.2) is 34.9 Å². The Balaban J connectivity index is 0.00000169. The molecule has 1 unspecified atom stereocenters. The topological polar surface area (TPSA) is 79.6 Å². The van der Waals surface area contributed by atoms with Crippen LogP contribution in [0.25, 0.3) is 11.6 Å². The summed E-state index contributed by atoms with van der Waals surface area (Å²) in [7, 11) is 0. The number of aromatic amines is 1. The number of halogens is 2. The van der Waals surface area contributed by atoms with Crippen LogP contribution in [0, 0.1) is 0 Å². The lowest BCUT2D eigenvalue weighted by Gasteiger charge is -2.02. The van der Waals surface area contributed by atoms with Crippen LogP contribution in [0.5, 0.6) is 0 Å². The quantitative estimate of drug-likeness (QED) is 0.741. The molecule has 0 radical (unpaired) electrons. The summed E-state index contributed by atoms with van der Waals surface area (Å²) in [5, 5.41) is 15.4. The molecule has 1 atom stereocenters. The molecule has 1 saturated heterocycles. The summed E-state index contributed by atoms with van der Waals surface area (Å²) in [4.78, 5) is 4.42. The van der Waals surface area contributed by atoms with Gasteiger partial charge in [-0.2, -0.15) is 10.1 Å². The molecule has 1 fully saturated rings. The minimum Gasteiger partial charge on any atom is -0.332 e. The lowest BCUT2D eigenvalue weighted by Crippen LogP contribution is -2.08. The normalized spacial score (nSPS) is 17.0. The van der Waals surface area contributed by atoms with Crippen molar-refractivity contribution in [3.8, 4) is 11.6 Å².